The number of carbonyl (C=O) groups is 2. The van der Waals surface area contributed by atoms with Crippen LogP contribution in [0.1, 0.15) is 13.3 Å². The molecule has 0 bridgehead atoms. The lowest BCUT2D eigenvalue weighted by atomic mass is 10.4. The second-order valence-electron chi connectivity index (χ2n) is 12.0. The van der Waals surface area contributed by atoms with Gasteiger partial charge in [0.15, 0.2) is 39.5 Å². The van der Waals surface area contributed by atoms with Crippen molar-refractivity contribution in [2.45, 2.75) is 53.9 Å². The predicted octanol–water partition coefficient (Wildman–Crippen LogP) is 9.82. The van der Waals surface area contributed by atoms with Crippen LogP contribution in [0.15, 0.2) is 211 Å². The molecule has 0 saturated carbocycles. The number of esters is 2. The summed E-state index contributed by atoms with van der Waals surface area (Å²) < 4.78 is 87.5. The van der Waals surface area contributed by atoms with Crippen molar-refractivity contribution in [2.24, 2.45) is 0 Å². The molecular formula is C44H39F4O7S3+. The summed E-state index contributed by atoms with van der Waals surface area (Å²) in [6.45, 7) is -1.26. The minimum Gasteiger partial charge on any atom is -0.743 e. The highest BCUT2D eigenvalue weighted by molar-refractivity contribution is 7.97. The molecule has 0 atom stereocenters. The molecule has 0 unspecified atom stereocenters. The summed E-state index contributed by atoms with van der Waals surface area (Å²) in [6, 6.07) is 64.3. The smallest absolute Gasteiger partial charge is 0.428 e. The lowest BCUT2D eigenvalue weighted by Gasteiger charge is -2.18. The van der Waals surface area contributed by atoms with Gasteiger partial charge >= 0.3 is 23.1 Å². The van der Waals surface area contributed by atoms with E-state index in [0.717, 1.165) is 0 Å². The van der Waals surface area contributed by atoms with Crippen LogP contribution in [0.2, 0.25) is 0 Å². The number of benzene rings is 6. The van der Waals surface area contributed by atoms with Crippen molar-refractivity contribution < 1.29 is 49.6 Å². The fourth-order valence-electron chi connectivity index (χ4n) is 4.86. The third-order valence-electron chi connectivity index (χ3n) is 7.54. The fourth-order valence-corrected chi connectivity index (χ4v) is 9.33. The largest absolute Gasteiger partial charge is 0.743 e. The highest BCUT2D eigenvalue weighted by atomic mass is 32.2. The van der Waals surface area contributed by atoms with Gasteiger partial charge in [-0.25, -0.2) is 18.0 Å². The molecule has 0 aliphatic heterocycles. The van der Waals surface area contributed by atoms with E-state index in [1.54, 1.807) is 0 Å². The molecule has 6 rings (SSSR count). The average Bonchev–Trinajstić information content (AvgIpc) is 3.23. The predicted molar refractivity (Wildman–Crippen MR) is 215 cm³/mol. The van der Waals surface area contributed by atoms with Crippen LogP contribution in [0, 0.1) is 0 Å². The van der Waals surface area contributed by atoms with Gasteiger partial charge in [0, 0.05) is 13.3 Å². The van der Waals surface area contributed by atoms with Crippen molar-refractivity contribution in [1.82, 2.24) is 0 Å². The number of hydrogen-bond donors (Lipinski definition) is 0. The van der Waals surface area contributed by atoms with Gasteiger partial charge in [-0.2, -0.15) is 17.6 Å². The molecule has 0 aliphatic carbocycles. The number of ether oxygens (including phenoxy) is 2. The highest BCUT2D eigenvalue weighted by Crippen LogP contribution is 2.32. The Kier molecular flexibility index (Phi) is 17.1. The Balaban J connectivity index is 0.000000192. The van der Waals surface area contributed by atoms with E-state index in [9.17, 15) is 40.1 Å². The van der Waals surface area contributed by atoms with Crippen LogP contribution in [0.25, 0.3) is 0 Å². The summed E-state index contributed by atoms with van der Waals surface area (Å²) in [4.78, 5) is 29.3. The summed E-state index contributed by atoms with van der Waals surface area (Å²) in [5.74, 6) is -8.20. The van der Waals surface area contributed by atoms with Crippen LogP contribution in [0.5, 0.6) is 0 Å². The van der Waals surface area contributed by atoms with Gasteiger partial charge in [0.2, 0.25) is 0 Å². The zero-order valence-electron chi connectivity index (χ0n) is 31.0. The molecule has 0 heterocycles. The van der Waals surface area contributed by atoms with E-state index < -0.39 is 52.9 Å². The van der Waals surface area contributed by atoms with Crippen LogP contribution in [0.3, 0.4) is 0 Å². The molecule has 7 nitrogen and oxygen atoms in total. The van der Waals surface area contributed by atoms with Gasteiger partial charge in [-0.05, 0) is 72.8 Å². The first-order valence-corrected chi connectivity index (χ1v) is 21.4. The number of carbonyl (C=O) groups excluding carboxylic acids is 2. The Morgan fingerprint density at radius 3 is 0.914 bits per heavy atom. The summed E-state index contributed by atoms with van der Waals surface area (Å²) >= 11 is 0. The van der Waals surface area contributed by atoms with Gasteiger partial charge in [0.25, 0.3) is 0 Å². The molecule has 0 aliphatic rings. The first kappa shape index (κ1) is 45.3. The Morgan fingerprint density at radius 2 is 0.707 bits per heavy atom. The van der Waals surface area contributed by atoms with Gasteiger partial charge in [0.05, 0.1) is 35.0 Å². The van der Waals surface area contributed by atoms with E-state index in [4.69, 9.17) is 0 Å². The van der Waals surface area contributed by atoms with Crippen LogP contribution in [-0.2, 0) is 51.0 Å². The molecule has 0 amide bonds. The molecule has 0 spiro atoms. The third kappa shape index (κ3) is 13.6. The number of hydrogen-bond acceptors (Lipinski definition) is 7. The Morgan fingerprint density at radius 1 is 0.483 bits per heavy atom. The van der Waals surface area contributed by atoms with Crippen LogP contribution < -0.4 is 0 Å². The number of halogens is 4. The molecule has 0 radical (unpaired) electrons. The maximum absolute atomic E-state index is 12.6. The average molecular weight is 852 g/mol. The van der Waals surface area contributed by atoms with E-state index in [0.29, 0.717) is 0 Å². The molecule has 0 saturated heterocycles. The van der Waals surface area contributed by atoms with Crippen molar-refractivity contribution in [2.75, 3.05) is 13.2 Å². The topological polar surface area (TPSA) is 110 Å². The van der Waals surface area contributed by atoms with Crippen molar-refractivity contribution in [3.05, 3.63) is 182 Å². The van der Waals surface area contributed by atoms with Crippen LogP contribution in [-0.4, -0.2) is 49.3 Å². The van der Waals surface area contributed by atoms with Crippen molar-refractivity contribution in [1.29, 1.82) is 0 Å². The molecular weight excluding hydrogens is 813 g/mol. The van der Waals surface area contributed by atoms with E-state index in [1.165, 1.54) is 29.4 Å². The van der Waals surface area contributed by atoms with Gasteiger partial charge in [0.1, 0.15) is 0 Å². The Bertz CT molecular complexity index is 1930. The molecule has 6 aromatic rings. The van der Waals surface area contributed by atoms with Gasteiger partial charge in [-0.1, -0.05) is 109 Å². The number of alkyl halides is 4. The molecule has 0 fully saturated rings. The summed E-state index contributed by atoms with van der Waals surface area (Å²) in [7, 11) is -6.25. The Hall–Kier alpha value is -5.41. The minimum absolute atomic E-state index is 0.0146. The van der Waals surface area contributed by atoms with Crippen molar-refractivity contribution in [3.63, 3.8) is 0 Å². The molecule has 6 aromatic carbocycles. The zero-order valence-corrected chi connectivity index (χ0v) is 33.5. The lowest BCUT2D eigenvalue weighted by Crippen LogP contribution is -2.39. The van der Waals surface area contributed by atoms with E-state index in [-0.39, 0.29) is 28.7 Å². The molecule has 58 heavy (non-hydrogen) atoms. The monoisotopic (exact) mass is 851 g/mol. The quantitative estimate of drug-likeness (QED) is 0.0374. The SMILES string of the molecule is CC(F)(F)C(=O)OCCCOC(=O)C(F)(F)S(=O)(=O)[O-].c1ccc([S+](c2ccccc2)c2ccccc2)cc1.c1ccc([S+](c2ccccc2)c2ccccc2)cc1. The Labute approximate surface area is 341 Å². The molecule has 0 N–H and O–H groups in total. The third-order valence-corrected chi connectivity index (χ3v) is 12.8. The second-order valence-corrected chi connectivity index (χ2v) is 17.4. The van der Waals surface area contributed by atoms with Gasteiger partial charge in [-0.3, -0.25) is 0 Å². The lowest BCUT2D eigenvalue weighted by molar-refractivity contribution is -0.170. The number of rotatable bonds is 13. The van der Waals surface area contributed by atoms with Gasteiger partial charge < -0.3 is 14.0 Å². The zero-order chi connectivity index (χ0) is 42.0. The fraction of sp³-hybridized carbons (Fsp3) is 0.136. The van der Waals surface area contributed by atoms with Gasteiger partial charge in [-0.15, -0.1) is 0 Å². The highest BCUT2D eigenvalue weighted by Gasteiger charge is 2.48. The molecule has 14 heteroatoms. The standard InChI is InChI=1S/2C18H15S.C8H10F4O7S/c2*1-4-10-16(11-5-1)19(17-12-6-2-7-13-17)18-14-8-3-9-15-18;1-7(9,10)5(13)18-3-2-4-19-6(14)8(11,12)20(15,16)17/h2*1-15H;2-4H2,1H3,(H,15,16,17)/q2*+1;/p-1. The summed E-state index contributed by atoms with van der Waals surface area (Å²) in [6.07, 6.45) is -0.442. The minimum atomic E-state index is -6.22. The molecule has 302 valence electrons. The second kappa shape index (κ2) is 21.9. The maximum Gasteiger partial charge on any atom is 0.428 e. The van der Waals surface area contributed by atoms with Crippen LogP contribution >= 0.6 is 0 Å². The first-order chi connectivity index (χ1) is 27.7. The summed E-state index contributed by atoms with van der Waals surface area (Å²) in [5.41, 5.74) is 0. The van der Waals surface area contributed by atoms with Crippen molar-refractivity contribution in [3.8, 4) is 0 Å². The molecule has 0 aromatic heterocycles. The van der Waals surface area contributed by atoms with Crippen LogP contribution in [0.4, 0.5) is 17.6 Å². The first-order valence-electron chi connectivity index (χ1n) is 17.5. The maximum atomic E-state index is 12.6. The van der Waals surface area contributed by atoms with E-state index >= 15 is 0 Å². The van der Waals surface area contributed by atoms with E-state index in [2.05, 4.69) is 191 Å². The van der Waals surface area contributed by atoms with Crippen molar-refractivity contribution >= 4 is 43.8 Å². The normalized spacial score (nSPS) is 11.4. The summed E-state index contributed by atoms with van der Waals surface area (Å²) in [5, 5.41) is -5.25. The van der Waals surface area contributed by atoms with E-state index in [1.807, 2.05) is 0 Å².